The summed E-state index contributed by atoms with van der Waals surface area (Å²) in [7, 11) is 0. The summed E-state index contributed by atoms with van der Waals surface area (Å²) in [6.07, 6.45) is -8.42. The Morgan fingerprint density at radius 1 is 0.917 bits per heavy atom. The normalized spacial score (nSPS) is 36.0. The van der Waals surface area contributed by atoms with Gasteiger partial charge < -0.3 is 5.31 Å². The summed E-state index contributed by atoms with van der Waals surface area (Å²) in [4.78, 5) is 28.2. The summed E-state index contributed by atoms with van der Waals surface area (Å²) >= 11 is 0. The van der Waals surface area contributed by atoms with E-state index in [1.54, 1.807) is 6.92 Å². The van der Waals surface area contributed by atoms with E-state index in [-0.39, 0.29) is 54.0 Å². The minimum absolute atomic E-state index is 0.0159. The zero-order valence-electron chi connectivity index (χ0n) is 33.0. The first-order valence-electron chi connectivity index (χ1n) is 18.6. The molecule has 4 aliphatic rings. The number of hydrogen-bond acceptors (Lipinski definition) is 2. The zero-order chi connectivity index (χ0) is 39.0. The lowest BCUT2D eigenvalue weighted by Gasteiger charge is -2.74. The fourth-order valence-corrected chi connectivity index (χ4v) is 12.4. The molecule has 5 rings (SSSR count). The summed E-state index contributed by atoms with van der Waals surface area (Å²) in [6, 6.07) is 0.149. The Balaban J connectivity index is 1.76. The molecular formula is C38H53F6N2O2+. The van der Waals surface area contributed by atoms with Crippen molar-refractivity contribution in [1.29, 1.82) is 0 Å². The van der Waals surface area contributed by atoms with Gasteiger partial charge in [-0.2, -0.15) is 26.3 Å². The Kier molecular flexibility index (Phi) is 7.74. The lowest BCUT2D eigenvalue weighted by Crippen LogP contribution is -2.86. The number of fused-ring (bicyclic) bond motifs is 5. The van der Waals surface area contributed by atoms with E-state index in [9.17, 15) is 35.9 Å². The number of hydrogen-bond donors (Lipinski definition) is 2. The number of rotatable bonds is 4. The van der Waals surface area contributed by atoms with Gasteiger partial charge >= 0.3 is 21.1 Å². The lowest BCUT2D eigenvalue weighted by molar-refractivity contribution is -0.493. The van der Waals surface area contributed by atoms with Crippen molar-refractivity contribution in [3.63, 3.8) is 0 Å². The van der Waals surface area contributed by atoms with E-state index < -0.39 is 73.5 Å². The predicted octanol–water partition coefficient (Wildman–Crippen LogP) is 8.99. The molecule has 0 unspecified atom stereocenters. The van der Waals surface area contributed by atoms with Crippen LogP contribution in [-0.4, -0.2) is 17.9 Å². The first kappa shape index (κ1) is 32.8. The van der Waals surface area contributed by atoms with Crippen LogP contribution in [0.3, 0.4) is 0 Å². The van der Waals surface area contributed by atoms with Crippen molar-refractivity contribution < 1.29 is 45.5 Å². The molecule has 1 aromatic rings. The summed E-state index contributed by atoms with van der Waals surface area (Å²) in [5, 5.41) is -1.30. The summed E-state index contributed by atoms with van der Waals surface area (Å²) in [5.74, 6) is -3.11. The molecule has 3 fully saturated rings. The van der Waals surface area contributed by atoms with Crippen molar-refractivity contribution in [1.82, 2.24) is 5.31 Å². The van der Waals surface area contributed by atoms with Gasteiger partial charge in [0.25, 0.3) is 0 Å². The molecule has 4 nitrogen and oxygen atoms in total. The number of quaternary nitrogens is 1. The van der Waals surface area contributed by atoms with Crippen LogP contribution in [0.4, 0.5) is 32.0 Å². The second-order valence-electron chi connectivity index (χ2n) is 16.8. The third-order valence-electron chi connectivity index (χ3n) is 14.5. The standard InChI is InChI=1S/C38H52F6N2O2/c1-18(2)35-22(7)20(5)31(47)45-28(35)17-12-23-25-14-16-27(36(25,19(3)4)34(10,11)33(8,9)30(23)35)32(48)46-29-21(6)24(37(39,40)41)13-15-26(29)38(42,43)44/h13,15,18-19,23,25,27-28,30H,12,14,16-17H2,1-11H3,(H,45,47)(H,46,48)/p+1/t23-,25-,27+,28+,30+,35-,36-/m0/s1/i/hD3. The van der Waals surface area contributed by atoms with Crippen molar-refractivity contribution in [2.75, 3.05) is 0 Å². The molecule has 7 atom stereocenters. The monoisotopic (exact) mass is 686 g/mol. The van der Waals surface area contributed by atoms with Crippen molar-refractivity contribution in [3.05, 3.63) is 40.0 Å². The van der Waals surface area contributed by atoms with Gasteiger partial charge in [0.1, 0.15) is 5.56 Å². The molecular weight excluding hydrogens is 630 g/mol. The summed E-state index contributed by atoms with van der Waals surface area (Å²) < 4.78 is 113. The largest absolute Gasteiger partial charge is 0.422 e. The van der Waals surface area contributed by atoms with E-state index >= 15 is 0 Å². The Labute approximate surface area is 285 Å². The molecule has 0 radical (unpaired) electrons. The fourth-order valence-electron chi connectivity index (χ4n) is 12.4. The van der Waals surface area contributed by atoms with E-state index in [2.05, 4.69) is 41.5 Å². The van der Waals surface area contributed by atoms with E-state index in [4.69, 9.17) is 4.24 Å². The quantitative estimate of drug-likeness (QED) is 0.245. The maximum Gasteiger partial charge on any atom is 0.422 e. The summed E-state index contributed by atoms with van der Waals surface area (Å²) in [6.45, 7) is 21.2. The molecule has 3 N–H and O–H groups in total. The van der Waals surface area contributed by atoms with Gasteiger partial charge in [-0.15, -0.1) is 0 Å². The highest BCUT2D eigenvalue weighted by Crippen LogP contribution is 2.79. The van der Waals surface area contributed by atoms with Gasteiger partial charge in [0.05, 0.1) is 11.5 Å². The molecule has 0 aromatic heterocycles. The molecule has 0 spiro atoms. The third kappa shape index (κ3) is 4.65. The minimum atomic E-state index is -5.22. The smallest absolute Gasteiger partial charge is 0.349 e. The van der Waals surface area contributed by atoms with Crippen molar-refractivity contribution in [2.24, 2.45) is 57.2 Å². The summed E-state index contributed by atoms with van der Waals surface area (Å²) in [5.41, 5.74) is -6.75. The van der Waals surface area contributed by atoms with Crippen molar-refractivity contribution in [3.8, 4) is 0 Å². The Morgan fingerprint density at radius 3 is 2.00 bits per heavy atom. The average Bonchev–Trinajstić information content (AvgIpc) is 3.41. The SMILES string of the molecule is [2H]N1C(=O)C(C)=C(C)[C@]2(C(C)C)[C@@H]3[C@@H](CC[C@@H]12)[C@@H]1CC[C@H](C(=O)[N+]([2H])([2H])c2c(C(F)(F)F)ccc(C(F)(F)F)c2C)[C@@]1(C(C)C)C(C)(C)C3(C)C. The first-order valence-corrected chi connectivity index (χ1v) is 17.3. The van der Waals surface area contributed by atoms with E-state index in [1.165, 1.54) is 0 Å². The fraction of sp³-hybridized carbons (Fsp3) is 0.737. The Hall–Kier alpha value is -2.36. The topological polar surface area (TPSA) is 62.8 Å². The van der Waals surface area contributed by atoms with Crippen molar-refractivity contribution >= 4 is 17.5 Å². The van der Waals surface area contributed by atoms with Crippen LogP contribution in [0.1, 0.15) is 112 Å². The number of carbonyl (C=O) groups is 2. The molecule has 0 bridgehead atoms. The van der Waals surface area contributed by atoms with Crippen LogP contribution in [0.2, 0.25) is 4.24 Å². The van der Waals surface area contributed by atoms with Gasteiger partial charge in [-0.25, -0.2) is 10.1 Å². The highest BCUT2D eigenvalue weighted by Gasteiger charge is 2.77. The lowest BCUT2D eigenvalue weighted by atomic mass is 9.30. The number of nitrogens with two attached hydrogens (primary N) is 1. The van der Waals surface area contributed by atoms with Gasteiger partial charge in [-0.05, 0) is 104 Å². The number of halogens is 6. The molecule has 3 aliphatic carbocycles. The zero-order valence-corrected chi connectivity index (χ0v) is 30.0. The maximum absolute atomic E-state index is 14.9. The molecule has 1 aromatic carbocycles. The number of carbonyl (C=O) groups excluding carboxylic acids is 2. The molecule has 1 heterocycles. The molecule has 10 heteroatoms. The van der Waals surface area contributed by atoms with Gasteiger partial charge in [0.2, 0.25) is 5.91 Å². The Morgan fingerprint density at radius 2 is 1.48 bits per heavy atom. The number of alkyl halides is 6. The van der Waals surface area contributed by atoms with Crippen LogP contribution in [0, 0.1) is 64.1 Å². The molecule has 2 amide bonds. The molecule has 268 valence electrons. The van der Waals surface area contributed by atoms with Crippen LogP contribution in [-0.2, 0) is 21.9 Å². The number of primary amides is 1. The average molecular weight is 687 g/mol. The second kappa shape index (κ2) is 11.3. The van der Waals surface area contributed by atoms with Gasteiger partial charge in [0, 0.05) is 22.6 Å². The number of amides is 2. The highest BCUT2D eigenvalue weighted by atomic mass is 19.4. The molecule has 48 heavy (non-hydrogen) atoms. The van der Waals surface area contributed by atoms with Gasteiger partial charge in [-0.3, -0.25) is 4.79 Å². The Bertz CT molecular complexity index is 1670. The molecule has 1 aliphatic heterocycles. The second-order valence-corrected chi connectivity index (χ2v) is 16.8. The number of nitrogens with one attached hydrogen (secondary N) is 1. The van der Waals surface area contributed by atoms with E-state index in [0.717, 1.165) is 17.8 Å². The van der Waals surface area contributed by atoms with Gasteiger partial charge in [-0.1, -0.05) is 61.0 Å². The van der Waals surface area contributed by atoms with Crippen molar-refractivity contribution in [2.45, 2.75) is 120 Å². The van der Waals surface area contributed by atoms with Crippen LogP contribution in [0.15, 0.2) is 23.3 Å². The third-order valence-corrected chi connectivity index (χ3v) is 14.5. The van der Waals surface area contributed by atoms with Crippen LogP contribution in [0.5, 0.6) is 0 Å². The van der Waals surface area contributed by atoms with Gasteiger partial charge in [0.15, 0.2) is 7.10 Å². The first-order chi connectivity index (χ1) is 23.0. The number of benzene rings is 1. The highest BCUT2D eigenvalue weighted by molar-refractivity contribution is 5.95. The van der Waals surface area contributed by atoms with Crippen LogP contribution >= 0.6 is 0 Å². The van der Waals surface area contributed by atoms with E-state index in [0.29, 0.717) is 30.9 Å². The van der Waals surface area contributed by atoms with Crippen LogP contribution < -0.4 is 10.6 Å². The molecule has 3 saturated carbocycles. The molecule has 0 saturated heterocycles. The predicted molar refractivity (Wildman–Crippen MR) is 173 cm³/mol. The van der Waals surface area contributed by atoms with E-state index in [1.807, 2.05) is 20.8 Å². The van der Waals surface area contributed by atoms with Crippen LogP contribution in [0.25, 0.3) is 0 Å². The minimum Gasteiger partial charge on any atom is -0.349 e. The maximum atomic E-state index is 14.9.